The maximum atomic E-state index is 5.12. The molecule has 1 nitrogen and oxygen atoms in total. The van der Waals surface area contributed by atoms with E-state index in [1.165, 1.54) is 0 Å². The third-order valence-corrected chi connectivity index (χ3v) is 1.48. The second-order valence-corrected chi connectivity index (χ2v) is 2.38. The van der Waals surface area contributed by atoms with Crippen LogP contribution in [0.1, 0.15) is 18.5 Å². The summed E-state index contributed by atoms with van der Waals surface area (Å²) in [5, 5.41) is 0. The molecule has 11 heavy (non-hydrogen) atoms. The molecule has 0 fully saturated rings. The maximum Gasteiger partial charge on any atom is 0.0403 e. The zero-order valence-electron chi connectivity index (χ0n) is 6.46. The van der Waals surface area contributed by atoms with Crippen molar-refractivity contribution >= 4 is 0 Å². The molecule has 0 amide bonds. The molecule has 0 aliphatic carbocycles. The molecule has 0 N–H and O–H groups in total. The van der Waals surface area contributed by atoms with E-state index in [9.17, 15) is 0 Å². The maximum absolute atomic E-state index is 5.12. The van der Waals surface area contributed by atoms with E-state index in [2.05, 4.69) is 10.9 Å². The van der Waals surface area contributed by atoms with Crippen molar-refractivity contribution in [1.29, 1.82) is 0 Å². The van der Waals surface area contributed by atoms with Crippen LogP contribution in [0.2, 0.25) is 0 Å². The zero-order chi connectivity index (χ0) is 7.94. The van der Waals surface area contributed by atoms with Gasteiger partial charge in [0.05, 0.1) is 0 Å². The van der Waals surface area contributed by atoms with Crippen LogP contribution >= 0.6 is 0 Å². The van der Waals surface area contributed by atoms with Crippen molar-refractivity contribution in [1.82, 2.24) is 4.98 Å². The molecule has 0 spiro atoms. The highest BCUT2D eigenvalue weighted by molar-refractivity contribution is 5.03. The summed E-state index contributed by atoms with van der Waals surface area (Å²) in [6.07, 6.45) is 9.80. The van der Waals surface area contributed by atoms with Crippen molar-refractivity contribution in [3.8, 4) is 12.3 Å². The predicted molar refractivity (Wildman–Crippen MR) is 46.0 cm³/mol. The van der Waals surface area contributed by atoms with Gasteiger partial charge in [0.25, 0.3) is 0 Å². The van der Waals surface area contributed by atoms with Gasteiger partial charge in [-0.05, 0) is 25.0 Å². The molecule has 0 radical (unpaired) electrons. The Morgan fingerprint density at radius 3 is 3.00 bits per heavy atom. The molecule has 0 unspecified atom stereocenters. The minimum Gasteiger partial charge on any atom is -0.261 e. The monoisotopic (exact) mass is 145 g/mol. The van der Waals surface area contributed by atoms with Gasteiger partial charge in [-0.15, -0.1) is 12.3 Å². The first-order valence-corrected chi connectivity index (χ1v) is 3.77. The van der Waals surface area contributed by atoms with E-state index in [1.807, 2.05) is 24.4 Å². The van der Waals surface area contributed by atoms with Crippen LogP contribution in [0.4, 0.5) is 0 Å². The fourth-order valence-corrected chi connectivity index (χ4v) is 0.918. The van der Waals surface area contributed by atoms with Gasteiger partial charge in [-0.3, -0.25) is 4.98 Å². The third-order valence-electron chi connectivity index (χ3n) is 1.48. The average Bonchev–Trinajstić information content (AvgIpc) is 2.07. The molecular weight excluding hydrogens is 134 g/mol. The Balaban J connectivity index is 2.35. The summed E-state index contributed by atoms with van der Waals surface area (Å²) in [5.41, 5.74) is 1.13. The van der Waals surface area contributed by atoms with E-state index in [0.29, 0.717) is 0 Å². The number of aryl methyl sites for hydroxylation is 1. The van der Waals surface area contributed by atoms with Gasteiger partial charge in [0, 0.05) is 18.3 Å². The first-order chi connectivity index (χ1) is 5.43. The Morgan fingerprint density at radius 2 is 2.36 bits per heavy atom. The topological polar surface area (TPSA) is 12.9 Å². The smallest absolute Gasteiger partial charge is 0.0403 e. The van der Waals surface area contributed by atoms with Crippen LogP contribution in [-0.2, 0) is 6.42 Å². The fourth-order valence-electron chi connectivity index (χ4n) is 0.918. The van der Waals surface area contributed by atoms with Crippen LogP contribution < -0.4 is 0 Å². The third kappa shape index (κ3) is 2.86. The number of aromatic nitrogens is 1. The van der Waals surface area contributed by atoms with Crippen LogP contribution in [0.15, 0.2) is 24.4 Å². The molecule has 0 aromatic carbocycles. The van der Waals surface area contributed by atoms with Crippen molar-refractivity contribution < 1.29 is 0 Å². The standard InChI is InChI=1S/C10H11N/c1-2-3-4-7-10-8-5-6-9-11-10/h1,5-6,8-9H,3-4,7H2. The quantitative estimate of drug-likeness (QED) is 0.468. The summed E-state index contributed by atoms with van der Waals surface area (Å²) in [6.45, 7) is 0. The molecule has 1 aromatic rings. The summed E-state index contributed by atoms with van der Waals surface area (Å²) in [6, 6.07) is 5.94. The van der Waals surface area contributed by atoms with Crippen LogP contribution in [0.3, 0.4) is 0 Å². The summed E-state index contributed by atoms with van der Waals surface area (Å²) in [7, 11) is 0. The van der Waals surface area contributed by atoms with Gasteiger partial charge in [0.15, 0.2) is 0 Å². The van der Waals surface area contributed by atoms with E-state index in [4.69, 9.17) is 6.42 Å². The lowest BCUT2D eigenvalue weighted by Gasteiger charge is -1.95. The minimum absolute atomic E-state index is 0.844. The molecule has 0 bridgehead atoms. The normalized spacial score (nSPS) is 9.00. The lowest BCUT2D eigenvalue weighted by atomic mass is 10.2. The SMILES string of the molecule is C#CCCCc1ccccn1. The highest BCUT2D eigenvalue weighted by Crippen LogP contribution is 1.99. The molecule has 0 aliphatic heterocycles. The van der Waals surface area contributed by atoms with Gasteiger partial charge in [0.2, 0.25) is 0 Å². The van der Waals surface area contributed by atoms with Gasteiger partial charge in [-0.1, -0.05) is 6.07 Å². The second kappa shape index (κ2) is 4.51. The van der Waals surface area contributed by atoms with Crippen molar-refractivity contribution in [3.63, 3.8) is 0 Å². The highest BCUT2D eigenvalue weighted by Gasteiger charge is 1.90. The molecule has 1 heteroatoms. The van der Waals surface area contributed by atoms with Gasteiger partial charge >= 0.3 is 0 Å². The zero-order valence-corrected chi connectivity index (χ0v) is 6.46. The molecule has 0 saturated heterocycles. The number of rotatable bonds is 3. The average molecular weight is 145 g/mol. The molecule has 56 valence electrons. The molecule has 0 atom stereocenters. The van der Waals surface area contributed by atoms with Crippen LogP contribution in [0, 0.1) is 12.3 Å². The van der Waals surface area contributed by atoms with E-state index in [-0.39, 0.29) is 0 Å². The summed E-state index contributed by atoms with van der Waals surface area (Å²) in [4.78, 5) is 4.18. The van der Waals surface area contributed by atoms with Gasteiger partial charge in [0.1, 0.15) is 0 Å². The number of unbranched alkanes of at least 4 members (excludes halogenated alkanes) is 1. The van der Waals surface area contributed by atoms with Gasteiger partial charge in [-0.2, -0.15) is 0 Å². The lowest BCUT2D eigenvalue weighted by molar-refractivity contribution is 0.831. The first kappa shape index (κ1) is 7.81. The van der Waals surface area contributed by atoms with E-state index >= 15 is 0 Å². The number of pyridine rings is 1. The Bertz CT molecular complexity index is 233. The van der Waals surface area contributed by atoms with E-state index in [1.54, 1.807) is 0 Å². The number of terminal acetylenes is 1. The fraction of sp³-hybridized carbons (Fsp3) is 0.300. The lowest BCUT2D eigenvalue weighted by Crippen LogP contribution is -1.87. The van der Waals surface area contributed by atoms with Crippen LogP contribution in [-0.4, -0.2) is 4.98 Å². The van der Waals surface area contributed by atoms with Crippen molar-refractivity contribution in [3.05, 3.63) is 30.1 Å². The van der Waals surface area contributed by atoms with Crippen LogP contribution in [0.25, 0.3) is 0 Å². The van der Waals surface area contributed by atoms with Crippen LogP contribution in [0.5, 0.6) is 0 Å². The van der Waals surface area contributed by atoms with Crippen molar-refractivity contribution in [2.45, 2.75) is 19.3 Å². The highest BCUT2D eigenvalue weighted by atomic mass is 14.7. The molecule has 1 aromatic heterocycles. The Labute approximate surface area is 67.5 Å². The Kier molecular flexibility index (Phi) is 3.21. The van der Waals surface area contributed by atoms with Gasteiger partial charge < -0.3 is 0 Å². The molecule has 1 rings (SSSR count). The number of hydrogen-bond donors (Lipinski definition) is 0. The second-order valence-electron chi connectivity index (χ2n) is 2.38. The molecular formula is C10H11N. The minimum atomic E-state index is 0.844. The summed E-state index contributed by atoms with van der Waals surface area (Å²) >= 11 is 0. The summed E-state index contributed by atoms with van der Waals surface area (Å²) in [5.74, 6) is 2.61. The Hall–Kier alpha value is -1.29. The number of nitrogens with zero attached hydrogens (tertiary/aromatic N) is 1. The molecule has 0 saturated carbocycles. The summed E-state index contributed by atoms with van der Waals surface area (Å²) < 4.78 is 0. The predicted octanol–water partition coefficient (Wildman–Crippen LogP) is 2.04. The Morgan fingerprint density at radius 1 is 1.45 bits per heavy atom. The first-order valence-electron chi connectivity index (χ1n) is 3.77. The molecule has 1 heterocycles. The van der Waals surface area contributed by atoms with Gasteiger partial charge in [-0.25, -0.2) is 0 Å². The van der Waals surface area contributed by atoms with E-state index < -0.39 is 0 Å². The number of hydrogen-bond acceptors (Lipinski definition) is 1. The van der Waals surface area contributed by atoms with Crippen molar-refractivity contribution in [2.24, 2.45) is 0 Å². The largest absolute Gasteiger partial charge is 0.261 e. The van der Waals surface area contributed by atoms with Crippen molar-refractivity contribution in [2.75, 3.05) is 0 Å². The van der Waals surface area contributed by atoms with E-state index in [0.717, 1.165) is 25.0 Å². The molecule has 0 aliphatic rings.